The Bertz CT molecular complexity index is 1920. The van der Waals surface area contributed by atoms with Gasteiger partial charge < -0.3 is 39.1 Å². The lowest BCUT2D eigenvalue weighted by molar-refractivity contribution is 0.136. The van der Waals surface area contributed by atoms with Crippen LogP contribution < -0.4 is 24.0 Å². The highest BCUT2D eigenvalue weighted by Gasteiger charge is 2.29. The number of amides is 1. The number of imidazole rings is 1. The van der Waals surface area contributed by atoms with Gasteiger partial charge in [-0.15, -0.1) is 5.10 Å². The van der Waals surface area contributed by atoms with Gasteiger partial charge in [-0.25, -0.2) is 19.3 Å². The molecule has 52 heavy (non-hydrogen) atoms. The Hall–Kier alpha value is -5.63. The van der Waals surface area contributed by atoms with Crippen molar-refractivity contribution in [2.75, 3.05) is 50.3 Å². The van der Waals surface area contributed by atoms with Crippen molar-refractivity contribution < 1.29 is 29.2 Å². The van der Waals surface area contributed by atoms with E-state index < -0.39 is 12.2 Å². The standard InChI is InChI=1S/C38H46N8O6/c1-6-7-18-52-37-41-36(44(23-27-8-12-30(50-4)13-9-27)24-28-10-14-31(51-5)15-11-28)35-40-21-32(46(35)42-37)33(47)29-19-25(2)34(39-20-29)45-17-16-43(38(48)49)22-26(45)3/h8-15,19-21,26,33,47H,6-7,16-18,22-24H2,1-5H3,(H,48,49)/t26-,33?/m0/s1. The zero-order chi connectivity index (χ0) is 36.8. The van der Waals surface area contributed by atoms with E-state index in [4.69, 9.17) is 34.3 Å². The van der Waals surface area contributed by atoms with Crippen LogP contribution in [0.4, 0.5) is 16.4 Å². The van der Waals surface area contributed by atoms with Crippen molar-refractivity contribution in [3.05, 3.63) is 94.9 Å². The fraction of sp³-hybridized carbons (Fsp3) is 0.395. The quantitative estimate of drug-likeness (QED) is 0.140. The Labute approximate surface area is 303 Å². The van der Waals surface area contributed by atoms with Crippen LogP contribution in [0, 0.1) is 6.92 Å². The van der Waals surface area contributed by atoms with Crippen molar-refractivity contribution in [3.63, 3.8) is 0 Å². The van der Waals surface area contributed by atoms with Crippen molar-refractivity contribution in [2.24, 2.45) is 0 Å². The number of anilines is 2. The molecule has 1 aliphatic heterocycles. The third-order valence-electron chi connectivity index (χ3n) is 9.28. The number of hydrogen-bond donors (Lipinski definition) is 2. The fourth-order valence-corrected chi connectivity index (χ4v) is 6.40. The molecule has 0 bridgehead atoms. The van der Waals surface area contributed by atoms with E-state index in [2.05, 4.69) is 16.7 Å². The highest BCUT2D eigenvalue weighted by molar-refractivity contribution is 5.66. The number of aryl methyl sites for hydroxylation is 1. The number of unbranched alkanes of at least 4 members (excludes halogenated alkanes) is 1. The molecule has 6 rings (SSSR count). The van der Waals surface area contributed by atoms with Gasteiger partial charge in [0.25, 0.3) is 0 Å². The number of ether oxygens (including phenoxy) is 3. The summed E-state index contributed by atoms with van der Waals surface area (Å²) in [5.74, 6) is 2.84. The van der Waals surface area contributed by atoms with Crippen LogP contribution in [-0.2, 0) is 13.1 Å². The van der Waals surface area contributed by atoms with E-state index >= 15 is 0 Å². The van der Waals surface area contributed by atoms with Gasteiger partial charge in [0.15, 0.2) is 11.5 Å². The lowest BCUT2D eigenvalue weighted by Crippen LogP contribution is -2.53. The molecule has 0 spiro atoms. The minimum Gasteiger partial charge on any atom is -0.497 e. The van der Waals surface area contributed by atoms with Crippen LogP contribution in [0.15, 0.2) is 67.0 Å². The largest absolute Gasteiger partial charge is 0.497 e. The highest BCUT2D eigenvalue weighted by Crippen LogP contribution is 2.31. The first-order chi connectivity index (χ1) is 25.2. The molecule has 5 aromatic rings. The molecular weight excluding hydrogens is 664 g/mol. The van der Waals surface area contributed by atoms with Gasteiger partial charge in [-0.2, -0.15) is 4.98 Å². The third-order valence-corrected chi connectivity index (χ3v) is 9.28. The van der Waals surface area contributed by atoms with Gasteiger partial charge in [0, 0.05) is 50.5 Å². The molecule has 1 aliphatic rings. The van der Waals surface area contributed by atoms with Crippen molar-refractivity contribution in [3.8, 4) is 17.5 Å². The molecule has 1 amide bonds. The number of fused-ring (bicyclic) bond motifs is 1. The van der Waals surface area contributed by atoms with E-state index in [1.165, 1.54) is 4.90 Å². The summed E-state index contributed by atoms with van der Waals surface area (Å²) < 4.78 is 18.5. The summed E-state index contributed by atoms with van der Waals surface area (Å²) in [5, 5.41) is 26.0. The zero-order valence-corrected chi connectivity index (χ0v) is 30.3. The molecule has 4 heterocycles. The average molecular weight is 711 g/mol. The Morgan fingerprint density at radius 1 is 0.981 bits per heavy atom. The number of aliphatic hydroxyl groups is 1. The van der Waals surface area contributed by atoms with E-state index in [0.717, 1.165) is 46.8 Å². The van der Waals surface area contributed by atoms with Crippen LogP contribution in [0.5, 0.6) is 17.5 Å². The van der Waals surface area contributed by atoms with Gasteiger partial charge in [0.1, 0.15) is 23.4 Å². The summed E-state index contributed by atoms with van der Waals surface area (Å²) in [6.07, 6.45) is 3.02. The minimum atomic E-state index is -1.11. The molecule has 274 valence electrons. The smallest absolute Gasteiger partial charge is 0.407 e. The van der Waals surface area contributed by atoms with Crippen molar-refractivity contribution >= 4 is 23.4 Å². The SMILES string of the molecule is CCCCOc1nc(N(Cc2ccc(OC)cc2)Cc2ccc(OC)cc2)c2ncc(C(O)c3cnc(N4CCN(C(=O)O)C[C@@H]4C)c(C)c3)n2n1. The van der Waals surface area contributed by atoms with E-state index in [-0.39, 0.29) is 12.1 Å². The maximum absolute atomic E-state index is 11.8. The molecule has 1 unspecified atom stereocenters. The molecule has 1 fully saturated rings. The number of nitrogens with zero attached hydrogens (tertiary/aromatic N) is 8. The second-order valence-electron chi connectivity index (χ2n) is 13.0. The number of methoxy groups -OCH3 is 2. The Balaban J connectivity index is 1.37. The van der Waals surface area contributed by atoms with Crippen molar-refractivity contribution in [1.29, 1.82) is 0 Å². The number of aromatic nitrogens is 5. The van der Waals surface area contributed by atoms with E-state index in [0.29, 0.717) is 62.1 Å². The van der Waals surface area contributed by atoms with Crippen molar-refractivity contribution in [1.82, 2.24) is 29.5 Å². The molecule has 0 aliphatic carbocycles. The summed E-state index contributed by atoms with van der Waals surface area (Å²) in [7, 11) is 3.29. The van der Waals surface area contributed by atoms with Crippen molar-refractivity contribution in [2.45, 2.75) is 58.8 Å². The maximum Gasteiger partial charge on any atom is 0.407 e. The Morgan fingerprint density at radius 3 is 2.19 bits per heavy atom. The van der Waals surface area contributed by atoms with E-state index in [1.54, 1.807) is 31.1 Å². The number of pyridine rings is 1. The second-order valence-corrected chi connectivity index (χ2v) is 13.0. The molecule has 2 aromatic carbocycles. The summed E-state index contributed by atoms with van der Waals surface area (Å²) in [6, 6.07) is 17.8. The average Bonchev–Trinajstić information content (AvgIpc) is 3.59. The van der Waals surface area contributed by atoms with E-state index in [9.17, 15) is 15.0 Å². The van der Waals surface area contributed by atoms with Crippen LogP contribution in [0.1, 0.15) is 60.7 Å². The van der Waals surface area contributed by atoms with Crippen LogP contribution in [0.2, 0.25) is 0 Å². The highest BCUT2D eigenvalue weighted by atomic mass is 16.5. The molecule has 14 nitrogen and oxygen atoms in total. The van der Waals surface area contributed by atoms with Gasteiger partial charge in [0.2, 0.25) is 0 Å². The molecular formula is C38H46N8O6. The van der Waals surface area contributed by atoms with E-state index in [1.807, 2.05) is 68.4 Å². The number of rotatable bonds is 14. The van der Waals surface area contributed by atoms with Crippen LogP contribution in [0.25, 0.3) is 5.65 Å². The Morgan fingerprint density at radius 2 is 1.63 bits per heavy atom. The first-order valence-corrected chi connectivity index (χ1v) is 17.5. The first-order valence-electron chi connectivity index (χ1n) is 17.5. The molecule has 0 radical (unpaired) electrons. The number of hydrogen-bond acceptors (Lipinski definition) is 11. The van der Waals surface area contributed by atoms with Gasteiger partial charge in [-0.3, -0.25) is 0 Å². The predicted octanol–water partition coefficient (Wildman–Crippen LogP) is 5.50. The molecule has 14 heteroatoms. The minimum absolute atomic E-state index is 0.0503. The molecule has 1 saturated heterocycles. The monoisotopic (exact) mass is 710 g/mol. The zero-order valence-electron chi connectivity index (χ0n) is 30.3. The lowest BCUT2D eigenvalue weighted by Gasteiger charge is -2.40. The van der Waals surface area contributed by atoms with Gasteiger partial charge >= 0.3 is 12.1 Å². The number of piperazine rings is 1. The Kier molecular flexibility index (Phi) is 11.2. The maximum atomic E-state index is 11.8. The fourth-order valence-electron chi connectivity index (χ4n) is 6.40. The summed E-state index contributed by atoms with van der Waals surface area (Å²) in [5.41, 5.74) is 4.40. The summed E-state index contributed by atoms with van der Waals surface area (Å²) in [4.78, 5) is 31.6. The van der Waals surface area contributed by atoms with Gasteiger partial charge in [0.05, 0.1) is 32.7 Å². The van der Waals surface area contributed by atoms with Crippen LogP contribution in [-0.4, -0.2) is 92.3 Å². The third kappa shape index (κ3) is 7.96. The summed E-state index contributed by atoms with van der Waals surface area (Å²) >= 11 is 0. The first kappa shape index (κ1) is 36.2. The molecule has 3 aromatic heterocycles. The number of carboxylic acid groups (broad SMARTS) is 1. The lowest BCUT2D eigenvalue weighted by atomic mass is 10.1. The second kappa shape index (κ2) is 16.1. The molecule has 2 atom stereocenters. The molecule has 2 N–H and O–H groups in total. The van der Waals surface area contributed by atoms with Gasteiger partial charge in [-0.05, 0) is 67.3 Å². The number of benzene rings is 2. The van der Waals surface area contributed by atoms with Crippen LogP contribution >= 0.6 is 0 Å². The van der Waals surface area contributed by atoms with Gasteiger partial charge in [-0.1, -0.05) is 37.6 Å². The molecule has 0 saturated carbocycles. The summed E-state index contributed by atoms with van der Waals surface area (Å²) in [6.45, 7) is 8.76. The topological polar surface area (TPSA) is 151 Å². The normalized spacial score (nSPS) is 15.1. The number of carbonyl (C=O) groups is 1. The number of aliphatic hydroxyl groups excluding tert-OH is 1. The predicted molar refractivity (Wildman–Crippen MR) is 197 cm³/mol. The van der Waals surface area contributed by atoms with Crippen LogP contribution in [0.3, 0.4) is 0 Å².